The summed E-state index contributed by atoms with van der Waals surface area (Å²) in [5.74, 6) is -0.922. The zero-order valence-corrected chi connectivity index (χ0v) is 25.3. The molecule has 0 radical (unpaired) electrons. The first kappa shape index (κ1) is 28.5. The summed E-state index contributed by atoms with van der Waals surface area (Å²) in [6.45, 7) is -0.162. The van der Waals surface area contributed by atoms with Crippen molar-refractivity contribution in [2.24, 2.45) is 11.7 Å². The van der Waals surface area contributed by atoms with E-state index < -0.39 is 34.8 Å². The SMILES string of the molecule is NC(=O)[C@@]12CC1Oc1c2cc(C(O)(CNC(=O)c2cc(OC3CC3)c3ncc(Cl)cc3c2)C2CC2)nc1-c1ccc(F)c(Cl)c1. The second-order valence-electron chi connectivity index (χ2n) is 12.4. The maximum atomic E-state index is 14.1. The van der Waals surface area contributed by atoms with Crippen LogP contribution in [0.1, 0.15) is 53.7 Å². The molecule has 3 aliphatic carbocycles. The van der Waals surface area contributed by atoms with Crippen LogP contribution in [0.4, 0.5) is 4.39 Å². The summed E-state index contributed by atoms with van der Waals surface area (Å²) in [4.78, 5) is 35.5. The second kappa shape index (κ2) is 10.0. The number of nitrogens with one attached hydrogen (secondary N) is 1. The lowest BCUT2D eigenvalue weighted by atomic mass is 9.87. The number of hydrogen-bond donors (Lipinski definition) is 3. The van der Waals surface area contributed by atoms with E-state index in [1.165, 1.54) is 24.4 Å². The minimum absolute atomic E-state index is 0.0822. The molecule has 12 heteroatoms. The van der Waals surface area contributed by atoms with Gasteiger partial charge in [-0.2, -0.15) is 0 Å². The fourth-order valence-electron chi connectivity index (χ4n) is 6.34. The molecule has 9 nitrogen and oxygen atoms in total. The van der Waals surface area contributed by atoms with Crippen LogP contribution in [0.5, 0.6) is 11.5 Å². The lowest BCUT2D eigenvalue weighted by molar-refractivity contribution is -0.120. The van der Waals surface area contributed by atoms with Crippen molar-refractivity contribution in [3.63, 3.8) is 0 Å². The third-order valence-corrected chi connectivity index (χ3v) is 9.75. The number of amides is 2. The van der Waals surface area contributed by atoms with Crippen molar-refractivity contribution in [1.82, 2.24) is 15.3 Å². The van der Waals surface area contributed by atoms with Gasteiger partial charge in [-0.3, -0.25) is 14.6 Å². The Bertz CT molecular complexity index is 1950. The maximum Gasteiger partial charge on any atom is 0.251 e. The van der Waals surface area contributed by atoms with E-state index in [1.807, 2.05) is 0 Å². The number of nitrogens with two attached hydrogens (primary N) is 1. The number of benzene rings is 2. The van der Waals surface area contributed by atoms with Crippen molar-refractivity contribution in [2.75, 3.05) is 6.54 Å². The highest BCUT2D eigenvalue weighted by molar-refractivity contribution is 6.31. The van der Waals surface area contributed by atoms with Crippen molar-refractivity contribution in [1.29, 1.82) is 0 Å². The van der Waals surface area contributed by atoms with Gasteiger partial charge in [-0.25, -0.2) is 9.37 Å². The minimum atomic E-state index is -1.59. The molecule has 230 valence electrons. The molecule has 4 aliphatic rings. The average Bonchev–Trinajstić information content (AvgIpc) is 3.90. The monoisotopic (exact) mass is 648 g/mol. The van der Waals surface area contributed by atoms with E-state index in [4.69, 9.17) is 43.4 Å². The van der Waals surface area contributed by atoms with Crippen molar-refractivity contribution in [3.05, 3.63) is 81.3 Å². The van der Waals surface area contributed by atoms with E-state index in [2.05, 4.69) is 10.3 Å². The van der Waals surface area contributed by atoms with Gasteiger partial charge in [0.05, 0.1) is 28.4 Å². The molecule has 4 aromatic rings. The van der Waals surface area contributed by atoms with Crippen LogP contribution in [0.2, 0.25) is 10.0 Å². The van der Waals surface area contributed by atoms with E-state index in [0.717, 1.165) is 12.8 Å². The number of aliphatic hydroxyl groups is 1. The van der Waals surface area contributed by atoms with Crippen molar-refractivity contribution >= 4 is 45.9 Å². The largest absolute Gasteiger partial charge is 0.488 e. The number of rotatable bonds is 9. The number of carbonyl (C=O) groups is 2. The summed E-state index contributed by atoms with van der Waals surface area (Å²) in [5, 5.41) is 16.1. The van der Waals surface area contributed by atoms with Gasteiger partial charge in [-0.15, -0.1) is 0 Å². The fraction of sp³-hybridized carbons (Fsp3) is 0.333. The number of aromatic nitrogens is 2. The molecular formula is C33H27Cl2FN4O5. The molecule has 2 amide bonds. The van der Waals surface area contributed by atoms with Gasteiger partial charge in [-0.05, 0) is 74.1 Å². The van der Waals surface area contributed by atoms with E-state index >= 15 is 0 Å². The first-order chi connectivity index (χ1) is 21.6. The Morgan fingerprint density at radius 1 is 1.16 bits per heavy atom. The number of fused-ring (bicyclic) bond motifs is 4. The molecule has 3 fully saturated rings. The Kier molecular flexibility index (Phi) is 6.33. The van der Waals surface area contributed by atoms with Gasteiger partial charge < -0.3 is 25.6 Å². The predicted octanol–water partition coefficient (Wildman–Crippen LogP) is 5.20. The molecule has 3 heterocycles. The molecule has 4 N–H and O–H groups in total. The zero-order valence-electron chi connectivity index (χ0n) is 23.8. The minimum Gasteiger partial charge on any atom is -0.488 e. The normalized spacial score (nSPS) is 22.6. The Morgan fingerprint density at radius 2 is 1.96 bits per heavy atom. The lowest BCUT2D eigenvalue weighted by Crippen LogP contribution is -2.43. The van der Waals surface area contributed by atoms with Gasteiger partial charge in [0.1, 0.15) is 39.9 Å². The number of nitrogens with zero attached hydrogens (tertiary/aromatic N) is 2. The second-order valence-corrected chi connectivity index (χ2v) is 13.2. The smallest absolute Gasteiger partial charge is 0.251 e. The van der Waals surface area contributed by atoms with E-state index in [-0.39, 0.29) is 29.3 Å². The van der Waals surface area contributed by atoms with Gasteiger partial charge >= 0.3 is 0 Å². The third kappa shape index (κ3) is 4.69. The van der Waals surface area contributed by atoms with Crippen LogP contribution < -0.4 is 20.5 Å². The Labute approximate surface area is 266 Å². The number of ether oxygens (including phenoxy) is 2. The molecule has 2 aromatic heterocycles. The molecule has 2 unspecified atom stereocenters. The molecular weight excluding hydrogens is 622 g/mol. The van der Waals surface area contributed by atoms with Crippen LogP contribution in [-0.4, -0.2) is 45.6 Å². The molecule has 8 rings (SSSR count). The molecule has 45 heavy (non-hydrogen) atoms. The Balaban J connectivity index is 1.17. The standard InChI is InChI=1S/C33H27Cl2FN4O5/c34-19-8-16-7-17(10-24(27(16)38-13-19)44-20-4-5-20)30(41)39-14-33(43,18-2-3-18)25-11-21-29(45-26-12-32(21,26)31(37)42)28(40-25)15-1-6-23(36)22(35)9-15/h1,6-11,13,18,20,26,43H,2-5,12,14H2,(H2,37,42)(H,39,41)/t26?,32-,33?/m1/s1. The average molecular weight is 650 g/mol. The first-order valence-electron chi connectivity index (χ1n) is 14.8. The van der Waals surface area contributed by atoms with Crippen molar-refractivity contribution in [3.8, 4) is 22.8 Å². The molecule has 2 aromatic carbocycles. The molecule has 0 bridgehead atoms. The fourth-order valence-corrected chi connectivity index (χ4v) is 6.68. The van der Waals surface area contributed by atoms with Gasteiger partial charge in [0, 0.05) is 34.7 Å². The van der Waals surface area contributed by atoms with Gasteiger partial charge in [0.15, 0.2) is 5.75 Å². The highest BCUT2D eigenvalue weighted by Crippen LogP contribution is 2.61. The van der Waals surface area contributed by atoms with Crippen molar-refractivity contribution < 1.29 is 28.6 Å². The van der Waals surface area contributed by atoms with Crippen LogP contribution in [0.25, 0.3) is 22.2 Å². The Morgan fingerprint density at radius 3 is 2.67 bits per heavy atom. The quantitative estimate of drug-likeness (QED) is 0.227. The zero-order chi connectivity index (χ0) is 31.2. The van der Waals surface area contributed by atoms with Gasteiger partial charge in [0.25, 0.3) is 5.91 Å². The number of halogens is 3. The summed E-state index contributed by atoms with van der Waals surface area (Å²) in [6, 6.07) is 10.9. The van der Waals surface area contributed by atoms with Crippen LogP contribution in [-0.2, 0) is 15.8 Å². The number of primary amides is 1. The molecule has 3 atom stereocenters. The van der Waals surface area contributed by atoms with Crippen LogP contribution in [0.15, 0.2) is 48.7 Å². The van der Waals surface area contributed by atoms with Crippen LogP contribution >= 0.6 is 23.2 Å². The lowest BCUT2D eigenvalue weighted by Gasteiger charge is -2.30. The van der Waals surface area contributed by atoms with E-state index in [0.29, 0.717) is 69.1 Å². The summed E-state index contributed by atoms with van der Waals surface area (Å²) in [6.07, 6.45) is 4.87. The highest BCUT2D eigenvalue weighted by Gasteiger charge is 2.68. The molecule has 0 saturated heterocycles. The topological polar surface area (TPSA) is 137 Å². The summed E-state index contributed by atoms with van der Waals surface area (Å²) in [5.41, 5.74) is 5.69. The summed E-state index contributed by atoms with van der Waals surface area (Å²) in [7, 11) is 0. The molecule has 3 saturated carbocycles. The summed E-state index contributed by atoms with van der Waals surface area (Å²) >= 11 is 12.3. The Hall–Kier alpha value is -3.99. The summed E-state index contributed by atoms with van der Waals surface area (Å²) < 4.78 is 26.2. The number of hydrogen-bond acceptors (Lipinski definition) is 7. The number of carbonyl (C=O) groups excluding carboxylic acids is 2. The first-order valence-corrected chi connectivity index (χ1v) is 15.6. The van der Waals surface area contributed by atoms with Gasteiger partial charge in [0.2, 0.25) is 5.91 Å². The van der Waals surface area contributed by atoms with E-state index in [9.17, 15) is 19.1 Å². The third-order valence-electron chi connectivity index (χ3n) is 9.25. The van der Waals surface area contributed by atoms with Gasteiger partial charge in [-0.1, -0.05) is 23.2 Å². The number of pyridine rings is 2. The van der Waals surface area contributed by atoms with E-state index in [1.54, 1.807) is 24.3 Å². The highest BCUT2D eigenvalue weighted by atomic mass is 35.5. The van der Waals surface area contributed by atoms with Crippen LogP contribution in [0.3, 0.4) is 0 Å². The molecule has 1 aliphatic heterocycles. The van der Waals surface area contributed by atoms with Crippen LogP contribution in [0, 0.1) is 11.7 Å². The van der Waals surface area contributed by atoms with Crippen molar-refractivity contribution in [2.45, 2.75) is 55.3 Å². The predicted molar refractivity (Wildman–Crippen MR) is 164 cm³/mol. The maximum absolute atomic E-state index is 14.1. The molecule has 0 spiro atoms.